The molecule has 0 aliphatic rings. The Balaban J connectivity index is 2.52. The Kier molecular flexibility index (Phi) is 7.43. The molecule has 1 atom stereocenters. The number of para-hydroxylation sites is 1. The molecule has 1 aromatic rings. The molecule has 122 valence electrons. The molecular formula is C17H27N3O2. The van der Waals surface area contributed by atoms with Crippen LogP contribution in [-0.2, 0) is 4.79 Å². The number of urea groups is 1. The van der Waals surface area contributed by atoms with Crippen molar-refractivity contribution in [2.24, 2.45) is 11.8 Å². The van der Waals surface area contributed by atoms with Crippen LogP contribution < -0.4 is 16.0 Å². The highest BCUT2D eigenvalue weighted by atomic mass is 16.2. The van der Waals surface area contributed by atoms with Crippen LogP contribution in [0, 0.1) is 11.8 Å². The van der Waals surface area contributed by atoms with Crippen LogP contribution in [0.1, 0.15) is 34.1 Å². The third-order valence-electron chi connectivity index (χ3n) is 3.29. The lowest BCUT2D eigenvalue weighted by Crippen LogP contribution is -2.51. The standard InChI is InChI=1S/C17H27N3O2/c1-12(2)10-11-18-16(21)15(13(3)4)20-17(22)19-14-8-6-5-7-9-14/h5-9,12-13,15H,10-11H2,1-4H3,(H,18,21)(H2,19,20,22). The second-order valence-corrected chi connectivity index (χ2v) is 6.16. The summed E-state index contributed by atoms with van der Waals surface area (Å²) in [6.07, 6.45) is 0.923. The summed E-state index contributed by atoms with van der Waals surface area (Å²) in [6.45, 7) is 8.67. The highest BCUT2D eigenvalue weighted by Gasteiger charge is 2.23. The molecule has 5 heteroatoms. The van der Waals surface area contributed by atoms with Gasteiger partial charge in [0.2, 0.25) is 5.91 Å². The number of benzene rings is 1. The molecule has 0 saturated heterocycles. The van der Waals surface area contributed by atoms with Gasteiger partial charge in [0.25, 0.3) is 0 Å². The molecule has 0 aliphatic carbocycles. The number of carbonyl (C=O) groups excluding carboxylic acids is 2. The van der Waals surface area contributed by atoms with Crippen molar-refractivity contribution in [1.82, 2.24) is 10.6 Å². The maximum Gasteiger partial charge on any atom is 0.319 e. The van der Waals surface area contributed by atoms with E-state index in [0.717, 1.165) is 6.42 Å². The highest BCUT2D eigenvalue weighted by Crippen LogP contribution is 2.07. The monoisotopic (exact) mass is 305 g/mol. The molecule has 0 heterocycles. The highest BCUT2D eigenvalue weighted by molar-refractivity contribution is 5.93. The van der Waals surface area contributed by atoms with Crippen molar-refractivity contribution in [2.75, 3.05) is 11.9 Å². The molecular weight excluding hydrogens is 278 g/mol. The van der Waals surface area contributed by atoms with Crippen molar-refractivity contribution in [3.05, 3.63) is 30.3 Å². The smallest absolute Gasteiger partial charge is 0.319 e. The van der Waals surface area contributed by atoms with E-state index in [0.29, 0.717) is 18.2 Å². The lowest BCUT2D eigenvalue weighted by Gasteiger charge is -2.22. The number of hydrogen-bond donors (Lipinski definition) is 3. The maximum absolute atomic E-state index is 12.2. The average Bonchev–Trinajstić information content (AvgIpc) is 2.45. The van der Waals surface area contributed by atoms with E-state index in [9.17, 15) is 9.59 Å². The Morgan fingerprint density at radius 3 is 2.23 bits per heavy atom. The summed E-state index contributed by atoms with van der Waals surface area (Å²) in [5, 5.41) is 8.35. The topological polar surface area (TPSA) is 70.2 Å². The van der Waals surface area contributed by atoms with Gasteiger partial charge in [-0.15, -0.1) is 0 Å². The molecule has 0 aliphatic heterocycles. The van der Waals surface area contributed by atoms with Gasteiger partial charge in [0, 0.05) is 12.2 Å². The summed E-state index contributed by atoms with van der Waals surface area (Å²) in [5.74, 6) is 0.409. The summed E-state index contributed by atoms with van der Waals surface area (Å²) in [7, 11) is 0. The summed E-state index contributed by atoms with van der Waals surface area (Å²) >= 11 is 0. The van der Waals surface area contributed by atoms with Gasteiger partial charge in [0.05, 0.1) is 0 Å². The molecule has 5 nitrogen and oxygen atoms in total. The van der Waals surface area contributed by atoms with E-state index in [1.807, 2.05) is 32.0 Å². The van der Waals surface area contributed by atoms with Crippen molar-refractivity contribution < 1.29 is 9.59 Å². The minimum absolute atomic E-state index is 0.0144. The summed E-state index contributed by atoms with van der Waals surface area (Å²) in [6, 6.07) is 8.24. The van der Waals surface area contributed by atoms with E-state index < -0.39 is 6.04 Å². The van der Waals surface area contributed by atoms with Gasteiger partial charge in [-0.2, -0.15) is 0 Å². The third kappa shape index (κ3) is 6.61. The number of nitrogens with one attached hydrogen (secondary N) is 3. The summed E-state index contributed by atoms with van der Waals surface area (Å²) in [5.41, 5.74) is 0.697. The van der Waals surface area contributed by atoms with Gasteiger partial charge in [-0.25, -0.2) is 4.79 Å². The van der Waals surface area contributed by atoms with Gasteiger partial charge >= 0.3 is 6.03 Å². The fraction of sp³-hybridized carbons (Fsp3) is 0.529. The van der Waals surface area contributed by atoms with Crippen molar-refractivity contribution >= 4 is 17.6 Å². The molecule has 0 spiro atoms. The normalized spacial score (nSPS) is 12.1. The van der Waals surface area contributed by atoms with Crippen molar-refractivity contribution in [2.45, 2.75) is 40.2 Å². The van der Waals surface area contributed by atoms with Crippen LogP contribution in [0.25, 0.3) is 0 Å². The van der Waals surface area contributed by atoms with Crippen molar-refractivity contribution in [3.8, 4) is 0 Å². The van der Waals surface area contributed by atoms with Gasteiger partial charge in [-0.05, 0) is 30.4 Å². The lowest BCUT2D eigenvalue weighted by atomic mass is 10.0. The number of amides is 3. The Morgan fingerprint density at radius 2 is 1.68 bits per heavy atom. The molecule has 1 unspecified atom stereocenters. The number of anilines is 1. The zero-order chi connectivity index (χ0) is 16.5. The van der Waals surface area contributed by atoms with E-state index in [2.05, 4.69) is 29.8 Å². The molecule has 0 aromatic heterocycles. The van der Waals surface area contributed by atoms with Gasteiger partial charge in [-0.3, -0.25) is 4.79 Å². The minimum Gasteiger partial charge on any atom is -0.354 e. The Bertz CT molecular complexity index is 472. The van der Waals surface area contributed by atoms with Gasteiger partial charge in [0.15, 0.2) is 0 Å². The molecule has 1 aromatic carbocycles. The van der Waals surface area contributed by atoms with Crippen molar-refractivity contribution in [1.29, 1.82) is 0 Å². The van der Waals surface area contributed by atoms with Crippen LogP contribution in [0.15, 0.2) is 30.3 Å². The van der Waals surface area contributed by atoms with E-state index >= 15 is 0 Å². The van der Waals surface area contributed by atoms with E-state index in [4.69, 9.17) is 0 Å². The molecule has 0 fully saturated rings. The first-order valence-corrected chi connectivity index (χ1v) is 7.80. The average molecular weight is 305 g/mol. The van der Waals surface area contributed by atoms with Crippen LogP contribution >= 0.6 is 0 Å². The zero-order valence-electron chi connectivity index (χ0n) is 13.8. The second kappa shape index (κ2) is 9.07. The first-order valence-electron chi connectivity index (χ1n) is 7.80. The van der Waals surface area contributed by atoms with Gasteiger partial charge < -0.3 is 16.0 Å². The van der Waals surface area contributed by atoms with Crippen LogP contribution in [0.5, 0.6) is 0 Å². The minimum atomic E-state index is -0.545. The SMILES string of the molecule is CC(C)CCNC(=O)C(NC(=O)Nc1ccccc1)C(C)C. The van der Waals surface area contributed by atoms with Crippen LogP contribution in [0.3, 0.4) is 0 Å². The quantitative estimate of drug-likeness (QED) is 0.725. The van der Waals surface area contributed by atoms with Gasteiger partial charge in [-0.1, -0.05) is 45.9 Å². The maximum atomic E-state index is 12.2. The Hall–Kier alpha value is -2.04. The first-order chi connectivity index (χ1) is 10.4. The molecule has 0 bridgehead atoms. The summed E-state index contributed by atoms with van der Waals surface area (Å²) < 4.78 is 0. The zero-order valence-corrected chi connectivity index (χ0v) is 13.8. The van der Waals surface area contributed by atoms with Gasteiger partial charge in [0.1, 0.15) is 6.04 Å². The number of carbonyl (C=O) groups is 2. The van der Waals surface area contributed by atoms with Crippen molar-refractivity contribution in [3.63, 3.8) is 0 Å². The molecule has 0 radical (unpaired) electrons. The second-order valence-electron chi connectivity index (χ2n) is 6.16. The van der Waals surface area contributed by atoms with Crippen LogP contribution in [-0.4, -0.2) is 24.5 Å². The largest absolute Gasteiger partial charge is 0.354 e. The van der Waals surface area contributed by atoms with E-state index in [-0.39, 0.29) is 17.9 Å². The first kappa shape index (κ1) is 18.0. The summed E-state index contributed by atoms with van der Waals surface area (Å²) in [4.78, 5) is 24.2. The molecule has 3 amide bonds. The fourth-order valence-electron chi connectivity index (χ4n) is 1.96. The molecule has 0 saturated carbocycles. The van der Waals surface area contributed by atoms with Crippen LogP contribution in [0.2, 0.25) is 0 Å². The third-order valence-corrected chi connectivity index (χ3v) is 3.29. The lowest BCUT2D eigenvalue weighted by molar-refractivity contribution is -0.123. The number of rotatable bonds is 7. The Labute approximate surface area is 132 Å². The molecule has 1 rings (SSSR count). The van der Waals surface area contributed by atoms with E-state index in [1.54, 1.807) is 12.1 Å². The van der Waals surface area contributed by atoms with E-state index in [1.165, 1.54) is 0 Å². The van der Waals surface area contributed by atoms with Crippen LogP contribution in [0.4, 0.5) is 10.5 Å². The number of hydrogen-bond acceptors (Lipinski definition) is 2. The predicted molar refractivity (Wildman–Crippen MR) is 89.7 cm³/mol. The molecule has 22 heavy (non-hydrogen) atoms. The predicted octanol–water partition coefficient (Wildman–Crippen LogP) is 3.00. The Morgan fingerprint density at radius 1 is 1.05 bits per heavy atom. The fourth-order valence-corrected chi connectivity index (χ4v) is 1.96. The molecule has 3 N–H and O–H groups in total.